The van der Waals surface area contributed by atoms with E-state index in [1.54, 1.807) is 4.90 Å². The average Bonchev–Trinajstić information content (AvgIpc) is 2.39. The van der Waals surface area contributed by atoms with Crippen LogP contribution in [0.15, 0.2) is 28.7 Å². The fourth-order valence-electron chi connectivity index (χ4n) is 2.68. The van der Waals surface area contributed by atoms with Crippen LogP contribution in [-0.4, -0.2) is 40.9 Å². The molecule has 0 spiro atoms. The van der Waals surface area contributed by atoms with Gasteiger partial charge in [0.2, 0.25) is 0 Å². The molecule has 0 saturated carbocycles. The van der Waals surface area contributed by atoms with Crippen LogP contribution < -0.4 is 0 Å². The molecule has 1 aliphatic heterocycles. The molecule has 2 unspecified atom stereocenters. The first-order valence-electron chi connectivity index (χ1n) is 7.65. The van der Waals surface area contributed by atoms with Crippen molar-refractivity contribution >= 4 is 22.0 Å². The lowest BCUT2D eigenvalue weighted by Gasteiger charge is -2.37. The van der Waals surface area contributed by atoms with Crippen LogP contribution in [0.3, 0.4) is 0 Å². The summed E-state index contributed by atoms with van der Waals surface area (Å²) < 4.78 is 6.46. The molecule has 1 amide bonds. The highest BCUT2D eigenvalue weighted by molar-refractivity contribution is 9.10. The third kappa shape index (κ3) is 4.99. The molecule has 0 radical (unpaired) electrons. The summed E-state index contributed by atoms with van der Waals surface area (Å²) >= 11 is 3.46. The third-order valence-electron chi connectivity index (χ3n) is 3.73. The Morgan fingerprint density at radius 1 is 1.45 bits per heavy atom. The number of hydrogen-bond acceptors (Lipinski definition) is 3. The molecule has 2 rings (SSSR count). The monoisotopic (exact) mass is 369 g/mol. The Morgan fingerprint density at radius 2 is 2.18 bits per heavy atom. The maximum atomic E-state index is 12.2. The van der Waals surface area contributed by atoms with Gasteiger partial charge in [-0.1, -0.05) is 28.1 Å². The first kappa shape index (κ1) is 17.3. The van der Waals surface area contributed by atoms with E-state index in [9.17, 15) is 9.90 Å². The Hall–Kier alpha value is -1.07. The summed E-state index contributed by atoms with van der Waals surface area (Å²) in [4.78, 5) is 13.9. The molecule has 1 aromatic carbocycles. The second kappa shape index (κ2) is 7.01. The van der Waals surface area contributed by atoms with Crippen LogP contribution in [0, 0.1) is 5.92 Å². The van der Waals surface area contributed by atoms with E-state index in [1.165, 1.54) is 0 Å². The molecule has 1 heterocycles. The lowest BCUT2D eigenvalue weighted by Crippen LogP contribution is -2.48. The topological polar surface area (TPSA) is 49.8 Å². The van der Waals surface area contributed by atoms with Crippen molar-refractivity contribution < 1.29 is 14.6 Å². The Kier molecular flexibility index (Phi) is 5.50. The Balaban J connectivity index is 2.00. The van der Waals surface area contributed by atoms with Crippen molar-refractivity contribution in [2.75, 3.05) is 13.1 Å². The Bertz CT molecular complexity index is 527. The van der Waals surface area contributed by atoms with Crippen LogP contribution >= 0.6 is 15.9 Å². The normalized spacial score (nSPS) is 22.5. The number of ether oxygens (including phenoxy) is 1. The van der Waals surface area contributed by atoms with Crippen LogP contribution in [0.1, 0.15) is 32.8 Å². The van der Waals surface area contributed by atoms with Crippen LogP contribution in [0.2, 0.25) is 0 Å². The van der Waals surface area contributed by atoms with Crippen molar-refractivity contribution in [1.82, 2.24) is 4.90 Å². The van der Waals surface area contributed by atoms with E-state index in [0.29, 0.717) is 19.5 Å². The van der Waals surface area contributed by atoms with Crippen molar-refractivity contribution in [3.63, 3.8) is 0 Å². The maximum absolute atomic E-state index is 12.2. The largest absolute Gasteiger partial charge is 0.444 e. The van der Waals surface area contributed by atoms with E-state index in [0.717, 1.165) is 16.5 Å². The van der Waals surface area contributed by atoms with Gasteiger partial charge in [-0.25, -0.2) is 4.79 Å². The minimum Gasteiger partial charge on any atom is -0.444 e. The van der Waals surface area contributed by atoms with E-state index in [4.69, 9.17) is 4.74 Å². The molecule has 0 bridgehead atoms. The molecule has 0 aromatic heterocycles. The number of halogens is 1. The van der Waals surface area contributed by atoms with E-state index < -0.39 is 5.60 Å². The van der Waals surface area contributed by atoms with Crippen molar-refractivity contribution in [2.45, 2.75) is 45.3 Å². The van der Waals surface area contributed by atoms with E-state index in [2.05, 4.69) is 22.0 Å². The summed E-state index contributed by atoms with van der Waals surface area (Å²) in [6.07, 6.45) is 0.675. The number of aliphatic hydroxyl groups is 1. The van der Waals surface area contributed by atoms with Gasteiger partial charge in [0.05, 0.1) is 6.10 Å². The minimum atomic E-state index is -0.493. The molecule has 5 heteroatoms. The second-order valence-electron chi connectivity index (χ2n) is 6.88. The molecule has 4 nitrogen and oxygen atoms in total. The fraction of sp³-hybridized carbons (Fsp3) is 0.588. The van der Waals surface area contributed by atoms with Gasteiger partial charge in [-0.05, 0) is 51.3 Å². The van der Waals surface area contributed by atoms with Gasteiger partial charge in [0.15, 0.2) is 0 Å². The molecule has 1 aromatic rings. The zero-order valence-electron chi connectivity index (χ0n) is 13.4. The van der Waals surface area contributed by atoms with Gasteiger partial charge >= 0.3 is 6.09 Å². The van der Waals surface area contributed by atoms with Gasteiger partial charge in [-0.3, -0.25) is 0 Å². The highest BCUT2D eigenvalue weighted by Crippen LogP contribution is 2.24. The number of aliphatic hydroxyl groups excluding tert-OH is 1. The lowest BCUT2D eigenvalue weighted by atomic mass is 9.89. The Labute approximate surface area is 140 Å². The van der Waals surface area contributed by atoms with Gasteiger partial charge in [-0.2, -0.15) is 0 Å². The summed E-state index contributed by atoms with van der Waals surface area (Å²) in [5.41, 5.74) is 0.664. The smallest absolute Gasteiger partial charge is 0.410 e. The SMILES string of the molecule is CC(C)(C)OC(=O)N1CCC(O)C(Cc2cccc(Br)c2)C1. The average molecular weight is 370 g/mol. The van der Waals surface area contributed by atoms with Crippen LogP contribution in [0.5, 0.6) is 0 Å². The summed E-state index contributed by atoms with van der Waals surface area (Å²) in [6.45, 7) is 6.67. The Morgan fingerprint density at radius 3 is 2.82 bits per heavy atom. The molecule has 2 atom stereocenters. The minimum absolute atomic E-state index is 0.0376. The summed E-state index contributed by atoms with van der Waals surface area (Å²) in [5, 5.41) is 10.2. The molecule has 1 fully saturated rings. The van der Waals surface area contributed by atoms with Crippen molar-refractivity contribution in [3.05, 3.63) is 34.3 Å². The number of nitrogens with zero attached hydrogens (tertiary/aromatic N) is 1. The van der Waals surface area contributed by atoms with E-state index >= 15 is 0 Å². The molecular formula is C17H24BrNO3. The lowest BCUT2D eigenvalue weighted by molar-refractivity contribution is -0.00824. The highest BCUT2D eigenvalue weighted by Gasteiger charge is 2.32. The van der Waals surface area contributed by atoms with E-state index in [-0.39, 0.29) is 18.1 Å². The van der Waals surface area contributed by atoms with Gasteiger partial charge < -0.3 is 14.7 Å². The first-order valence-corrected chi connectivity index (χ1v) is 8.44. The number of carbonyl (C=O) groups excluding carboxylic acids is 1. The molecular weight excluding hydrogens is 346 g/mol. The number of benzene rings is 1. The predicted molar refractivity (Wildman–Crippen MR) is 89.8 cm³/mol. The summed E-state index contributed by atoms with van der Waals surface area (Å²) in [5.74, 6) is 0.0376. The standard InChI is InChI=1S/C17H24BrNO3/c1-17(2,3)22-16(21)19-8-7-15(20)13(11-19)9-12-5-4-6-14(18)10-12/h4-6,10,13,15,20H,7-9,11H2,1-3H3. The number of carbonyl (C=O) groups is 1. The summed E-state index contributed by atoms with van der Waals surface area (Å²) in [6, 6.07) is 8.07. The molecule has 1 saturated heterocycles. The zero-order chi connectivity index (χ0) is 16.3. The van der Waals surface area contributed by atoms with Gasteiger partial charge in [-0.15, -0.1) is 0 Å². The summed E-state index contributed by atoms with van der Waals surface area (Å²) in [7, 11) is 0. The number of hydrogen-bond donors (Lipinski definition) is 1. The van der Waals surface area contributed by atoms with Crippen molar-refractivity contribution in [3.8, 4) is 0 Å². The second-order valence-corrected chi connectivity index (χ2v) is 7.79. The van der Waals surface area contributed by atoms with Crippen LogP contribution in [0.4, 0.5) is 4.79 Å². The number of rotatable bonds is 2. The van der Waals surface area contributed by atoms with Gasteiger partial charge in [0.25, 0.3) is 0 Å². The number of likely N-dealkylation sites (tertiary alicyclic amines) is 1. The first-order chi connectivity index (χ1) is 10.2. The number of amides is 1. The third-order valence-corrected chi connectivity index (χ3v) is 4.23. The highest BCUT2D eigenvalue weighted by atomic mass is 79.9. The van der Waals surface area contributed by atoms with Crippen LogP contribution in [0.25, 0.3) is 0 Å². The zero-order valence-corrected chi connectivity index (χ0v) is 15.0. The maximum Gasteiger partial charge on any atom is 0.410 e. The molecule has 1 N–H and O–H groups in total. The predicted octanol–water partition coefficient (Wildman–Crippen LogP) is 3.61. The van der Waals surface area contributed by atoms with E-state index in [1.807, 2.05) is 39.0 Å². The van der Waals surface area contributed by atoms with Gasteiger partial charge in [0, 0.05) is 23.5 Å². The fourth-order valence-corrected chi connectivity index (χ4v) is 3.13. The molecule has 22 heavy (non-hydrogen) atoms. The molecule has 122 valence electrons. The molecule has 1 aliphatic rings. The molecule has 0 aliphatic carbocycles. The van der Waals surface area contributed by atoms with Crippen LogP contribution in [-0.2, 0) is 11.2 Å². The van der Waals surface area contributed by atoms with Crippen molar-refractivity contribution in [1.29, 1.82) is 0 Å². The number of piperidine rings is 1. The quantitative estimate of drug-likeness (QED) is 0.865. The van der Waals surface area contributed by atoms with Gasteiger partial charge in [0.1, 0.15) is 5.60 Å². The van der Waals surface area contributed by atoms with Crippen molar-refractivity contribution in [2.24, 2.45) is 5.92 Å².